The summed E-state index contributed by atoms with van der Waals surface area (Å²) in [6.45, 7) is 1.43. The number of ether oxygens (including phenoxy) is 3. The van der Waals surface area contributed by atoms with Crippen LogP contribution in [0.4, 0.5) is 0 Å². The van der Waals surface area contributed by atoms with E-state index in [1.54, 1.807) is 7.11 Å². The minimum atomic E-state index is -3.80. The van der Waals surface area contributed by atoms with Crippen molar-refractivity contribution in [3.05, 3.63) is 23.8 Å². The summed E-state index contributed by atoms with van der Waals surface area (Å²) in [4.78, 5) is 11.8. The molecule has 1 heterocycles. The fourth-order valence-electron chi connectivity index (χ4n) is 2.91. The largest absolute Gasteiger partial charge is 0.496 e. The molecule has 0 spiro atoms. The highest BCUT2D eigenvalue weighted by atomic mass is 35.5. The lowest BCUT2D eigenvalue weighted by Gasteiger charge is -2.28. The monoisotopic (exact) mass is 408 g/mol. The van der Waals surface area contributed by atoms with Crippen molar-refractivity contribution in [1.82, 2.24) is 10.0 Å². The van der Waals surface area contributed by atoms with Crippen LogP contribution >= 0.6 is 12.4 Å². The van der Waals surface area contributed by atoms with Gasteiger partial charge in [0.25, 0.3) is 0 Å². The minimum absolute atomic E-state index is 0. The van der Waals surface area contributed by atoms with Gasteiger partial charge in [0.05, 0.1) is 31.3 Å². The number of hydrogen-bond donors (Lipinski definition) is 2. The van der Waals surface area contributed by atoms with E-state index in [1.807, 2.05) is 0 Å². The minimum Gasteiger partial charge on any atom is -0.496 e. The van der Waals surface area contributed by atoms with Gasteiger partial charge in [-0.2, -0.15) is 0 Å². The SMILES string of the molecule is COCC1(CNS(=O)(=O)c2ccc(OC)c(C(=O)OC)c2)CCCN1.Cl. The third kappa shape index (κ3) is 5.08. The van der Waals surface area contributed by atoms with Crippen LogP contribution < -0.4 is 14.8 Å². The molecule has 0 amide bonds. The second-order valence-electron chi connectivity index (χ2n) is 5.92. The number of methoxy groups -OCH3 is 3. The van der Waals surface area contributed by atoms with E-state index in [9.17, 15) is 13.2 Å². The van der Waals surface area contributed by atoms with Crippen LogP contribution in [-0.2, 0) is 19.5 Å². The van der Waals surface area contributed by atoms with Gasteiger partial charge in [0, 0.05) is 13.7 Å². The molecule has 1 aromatic carbocycles. The van der Waals surface area contributed by atoms with E-state index < -0.39 is 21.5 Å². The summed E-state index contributed by atoms with van der Waals surface area (Å²) in [6, 6.07) is 4.07. The number of esters is 1. The van der Waals surface area contributed by atoms with Gasteiger partial charge < -0.3 is 19.5 Å². The van der Waals surface area contributed by atoms with Crippen molar-refractivity contribution in [3.8, 4) is 5.75 Å². The first-order valence-electron chi connectivity index (χ1n) is 7.87. The highest BCUT2D eigenvalue weighted by molar-refractivity contribution is 7.89. The Balaban J connectivity index is 0.00000338. The first-order valence-corrected chi connectivity index (χ1v) is 9.36. The molecule has 1 aliphatic rings. The highest BCUT2D eigenvalue weighted by Crippen LogP contribution is 2.24. The molecule has 148 valence electrons. The molecule has 2 N–H and O–H groups in total. The molecule has 1 unspecified atom stereocenters. The van der Waals surface area contributed by atoms with Crippen LogP contribution in [-0.4, -0.2) is 61.0 Å². The van der Waals surface area contributed by atoms with E-state index in [4.69, 9.17) is 9.47 Å². The third-order valence-corrected chi connectivity index (χ3v) is 5.64. The Morgan fingerprint density at radius 1 is 1.31 bits per heavy atom. The van der Waals surface area contributed by atoms with E-state index in [0.717, 1.165) is 19.4 Å². The molecule has 1 aromatic rings. The summed E-state index contributed by atoms with van der Waals surface area (Å²) in [5.41, 5.74) is -0.363. The zero-order chi connectivity index (χ0) is 18.5. The van der Waals surface area contributed by atoms with Gasteiger partial charge in [-0.25, -0.2) is 17.9 Å². The van der Waals surface area contributed by atoms with Crippen LogP contribution in [0, 0.1) is 0 Å². The molecule has 0 radical (unpaired) electrons. The molecular formula is C16H25ClN2O6S. The number of carbonyl (C=O) groups excluding carboxylic acids is 1. The maximum atomic E-state index is 12.6. The van der Waals surface area contributed by atoms with Gasteiger partial charge in [-0.15, -0.1) is 12.4 Å². The van der Waals surface area contributed by atoms with E-state index >= 15 is 0 Å². The summed E-state index contributed by atoms with van der Waals surface area (Å²) < 4.78 is 42.8. The molecule has 8 nitrogen and oxygen atoms in total. The molecule has 1 fully saturated rings. The van der Waals surface area contributed by atoms with Crippen molar-refractivity contribution in [1.29, 1.82) is 0 Å². The number of benzene rings is 1. The normalized spacial score (nSPS) is 19.7. The molecule has 2 rings (SSSR count). The Morgan fingerprint density at radius 3 is 2.58 bits per heavy atom. The second kappa shape index (κ2) is 9.52. The van der Waals surface area contributed by atoms with E-state index in [0.29, 0.717) is 6.61 Å². The average molecular weight is 409 g/mol. The summed E-state index contributed by atoms with van der Waals surface area (Å²) >= 11 is 0. The third-order valence-electron chi connectivity index (χ3n) is 4.24. The molecule has 0 aromatic heterocycles. The zero-order valence-electron chi connectivity index (χ0n) is 15.0. The van der Waals surface area contributed by atoms with Gasteiger partial charge >= 0.3 is 5.97 Å². The first-order chi connectivity index (χ1) is 11.9. The van der Waals surface area contributed by atoms with Gasteiger partial charge in [0.2, 0.25) is 10.0 Å². The Kier molecular flexibility index (Phi) is 8.29. The van der Waals surface area contributed by atoms with Crippen molar-refractivity contribution < 1.29 is 27.4 Å². The van der Waals surface area contributed by atoms with Crippen molar-refractivity contribution in [3.63, 3.8) is 0 Å². The Labute approximate surface area is 160 Å². The smallest absolute Gasteiger partial charge is 0.341 e. The van der Waals surface area contributed by atoms with Gasteiger partial charge in [-0.05, 0) is 37.6 Å². The fraction of sp³-hybridized carbons (Fsp3) is 0.562. The van der Waals surface area contributed by atoms with Crippen LogP contribution in [0.15, 0.2) is 23.1 Å². The lowest BCUT2D eigenvalue weighted by molar-refractivity contribution is 0.0597. The summed E-state index contributed by atoms with van der Waals surface area (Å²) in [5.74, 6) is -0.415. The van der Waals surface area contributed by atoms with Crippen LogP contribution in [0.5, 0.6) is 5.75 Å². The predicted octanol–water partition coefficient (Wildman–Crippen LogP) is 0.950. The molecule has 1 aliphatic heterocycles. The molecular weight excluding hydrogens is 384 g/mol. The topological polar surface area (TPSA) is 103 Å². The van der Waals surface area contributed by atoms with E-state index in [-0.39, 0.29) is 35.2 Å². The lowest BCUT2D eigenvalue weighted by Crippen LogP contribution is -2.52. The maximum Gasteiger partial charge on any atom is 0.341 e. The maximum absolute atomic E-state index is 12.6. The summed E-state index contributed by atoms with van der Waals surface area (Å²) in [6.07, 6.45) is 1.78. The number of carbonyl (C=O) groups is 1. The number of nitrogens with one attached hydrogen (secondary N) is 2. The Bertz CT molecular complexity index is 719. The molecule has 1 saturated heterocycles. The molecule has 0 aliphatic carbocycles. The van der Waals surface area contributed by atoms with E-state index in [1.165, 1.54) is 32.4 Å². The number of halogens is 1. The molecule has 0 saturated carbocycles. The number of hydrogen-bond acceptors (Lipinski definition) is 7. The Morgan fingerprint density at radius 2 is 2.04 bits per heavy atom. The predicted molar refractivity (Wildman–Crippen MR) is 98.6 cm³/mol. The van der Waals surface area contributed by atoms with Gasteiger partial charge in [-0.3, -0.25) is 0 Å². The summed E-state index contributed by atoms with van der Waals surface area (Å²) in [5, 5.41) is 3.31. The quantitative estimate of drug-likeness (QED) is 0.617. The number of sulfonamides is 1. The summed E-state index contributed by atoms with van der Waals surface area (Å²) in [7, 11) is 0.404. The van der Waals surface area contributed by atoms with Gasteiger partial charge in [0.15, 0.2) is 0 Å². The van der Waals surface area contributed by atoms with Crippen molar-refractivity contribution in [2.24, 2.45) is 0 Å². The van der Waals surface area contributed by atoms with Crippen LogP contribution in [0.3, 0.4) is 0 Å². The van der Waals surface area contributed by atoms with Crippen molar-refractivity contribution in [2.45, 2.75) is 23.3 Å². The van der Waals surface area contributed by atoms with E-state index in [2.05, 4.69) is 14.8 Å². The van der Waals surface area contributed by atoms with Crippen LogP contribution in [0.2, 0.25) is 0 Å². The lowest BCUT2D eigenvalue weighted by atomic mass is 9.99. The highest BCUT2D eigenvalue weighted by Gasteiger charge is 2.35. The fourth-order valence-corrected chi connectivity index (χ4v) is 4.06. The van der Waals surface area contributed by atoms with Crippen LogP contribution in [0.1, 0.15) is 23.2 Å². The average Bonchev–Trinajstić information content (AvgIpc) is 3.08. The molecule has 1 atom stereocenters. The van der Waals surface area contributed by atoms with Crippen molar-refractivity contribution >= 4 is 28.4 Å². The molecule has 10 heteroatoms. The van der Waals surface area contributed by atoms with Gasteiger partial charge in [0.1, 0.15) is 11.3 Å². The standard InChI is InChI=1S/C16H24N2O6S.ClH/c1-22-11-16(7-4-8-17-16)10-18-25(20,21)12-5-6-14(23-2)13(9-12)15(19)24-3;/h5-6,9,17-18H,4,7-8,10-11H2,1-3H3;1H. The van der Waals surface area contributed by atoms with Crippen molar-refractivity contribution in [2.75, 3.05) is 41.0 Å². The number of rotatable bonds is 8. The first kappa shape index (κ1) is 22.7. The second-order valence-corrected chi connectivity index (χ2v) is 7.69. The van der Waals surface area contributed by atoms with Gasteiger partial charge in [-0.1, -0.05) is 0 Å². The zero-order valence-corrected chi connectivity index (χ0v) is 16.7. The molecule has 0 bridgehead atoms. The Hall–Kier alpha value is -1.39. The van der Waals surface area contributed by atoms with Crippen LogP contribution in [0.25, 0.3) is 0 Å². The molecule has 26 heavy (non-hydrogen) atoms.